The lowest BCUT2D eigenvalue weighted by atomic mass is 10.1. The molecule has 5 aromatic rings. The van der Waals surface area contributed by atoms with E-state index in [4.69, 9.17) is 28.4 Å². The minimum Gasteiger partial charge on any atom is -0.493 e. The monoisotopic (exact) mass is 698 g/mol. The van der Waals surface area contributed by atoms with E-state index in [-0.39, 0.29) is 37.2 Å². The van der Waals surface area contributed by atoms with E-state index in [0.717, 1.165) is 22.3 Å². The highest BCUT2D eigenvalue weighted by Gasteiger charge is 2.19. The van der Waals surface area contributed by atoms with Crippen molar-refractivity contribution in [3.8, 4) is 45.3 Å². The minimum atomic E-state index is -0.903. The summed E-state index contributed by atoms with van der Waals surface area (Å²) in [5.74, 6) is 1.10. The largest absolute Gasteiger partial charge is 0.493 e. The number of hydrogen-bond acceptors (Lipinski definition) is 8. The zero-order valence-corrected chi connectivity index (χ0v) is 29.4. The van der Waals surface area contributed by atoms with Gasteiger partial charge in [0.25, 0.3) is 0 Å². The molecule has 266 valence electrons. The molecule has 0 saturated heterocycles. The number of benzene rings is 5. The number of rotatable bonds is 18. The first kappa shape index (κ1) is 37.0. The summed E-state index contributed by atoms with van der Waals surface area (Å²) >= 11 is 0. The average molecular weight is 699 g/mol. The van der Waals surface area contributed by atoms with Crippen molar-refractivity contribution in [1.82, 2.24) is 0 Å². The molecule has 2 atom stereocenters. The van der Waals surface area contributed by atoms with E-state index in [1.54, 1.807) is 38.1 Å². The molecule has 0 amide bonds. The van der Waals surface area contributed by atoms with E-state index < -0.39 is 24.5 Å². The van der Waals surface area contributed by atoms with Crippen LogP contribution in [0.2, 0.25) is 0 Å². The van der Waals surface area contributed by atoms with Crippen molar-refractivity contribution in [2.75, 3.05) is 13.2 Å². The van der Waals surface area contributed by atoms with Gasteiger partial charge < -0.3 is 28.4 Å². The number of ether oxygens (including phenoxy) is 6. The fraction of sp³-hybridized carbons (Fsp3) is 0.182. The Morgan fingerprint density at radius 1 is 0.481 bits per heavy atom. The van der Waals surface area contributed by atoms with Gasteiger partial charge in [-0.2, -0.15) is 0 Å². The number of carbonyl (C=O) groups excluding carboxylic acids is 2. The highest BCUT2D eigenvalue weighted by molar-refractivity contribution is 5.87. The summed E-state index contributed by atoms with van der Waals surface area (Å²) in [5.41, 5.74) is 4.78. The molecular formula is C44H42O8. The summed E-state index contributed by atoms with van der Waals surface area (Å²) < 4.78 is 35.2. The average Bonchev–Trinajstić information content (AvgIpc) is 3.16. The van der Waals surface area contributed by atoms with Crippen molar-refractivity contribution in [1.29, 1.82) is 0 Å². The molecule has 52 heavy (non-hydrogen) atoms. The molecule has 0 heterocycles. The molecule has 8 heteroatoms. The first-order chi connectivity index (χ1) is 25.2. The maximum absolute atomic E-state index is 12.4. The summed E-state index contributed by atoms with van der Waals surface area (Å²) in [6.07, 6.45) is -1.30. The molecule has 0 aromatic heterocycles. The zero-order chi connectivity index (χ0) is 36.7. The van der Waals surface area contributed by atoms with Crippen LogP contribution in [0.4, 0.5) is 0 Å². The standard InChI is InChI=1S/C44H42O8/c1-31(2)43(45)51-41(49-37-22-18-35(19-23-37)33-12-7-5-8-13-33)26-28-47-39-16-11-17-40(30-39)48-29-27-42(52-44(46)32(3)4)50-38-24-20-36(21-25-38)34-14-9-6-10-15-34/h5-25,30,41-42H,1,3,26-29H2,2,4H3. The Morgan fingerprint density at radius 3 is 1.21 bits per heavy atom. The molecule has 0 bridgehead atoms. The Kier molecular flexibility index (Phi) is 13.3. The molecule has 0 aliphatic heterocycles. The van der Waals surface area contributed by atoms with E-state index in [1.807, 2.05) is 109 Å². The van der Waals surface area contributed by atoms with Gasteiger partial charge in [0.15, 0.2) is 0 Å². The maximum atomic E-state index is 12.4. The SMILES string of the molecule is C=C(C)C(=O)OC(CCOc1cccc(OCCC(OC(=O)C(=C)C)Oc2ccc(-c3ccccc3)cc2)c1)Oc1ccc(-c2ccccc2)cc1. The molecule has 5 aromatic carbocycles. The topological polar surface area (TPSA) is 89.5 Å². The molecule has 0 spiro atoms. The van der Waals surface area contributed by atoms with E-state index in [9.17, 15) is 9.59 Å². The van der Waals surface area contributed by atoms with Crippen molar-refractivity contribution in [3.63, 3.8) is 0 Å². The second-order valence-corrected chi connectivity index (χ2v) is 12.0. The van der Waals surface area contributed by atoms with Gasteiger partial charge in [-0.05, 0) is 72.5 Å². The van der Waals surface area contributed by atoms with Crippen LogP contribution in [0.5, 0.6) is 23.0 Å². The minimum absolute atomic E-state index is 0.190. The highest BCUT2D eigenvalue weighted by atomic mass is 16.7. The molecule has 0 aliphatic rings. The van der Waals surface area contributed by atoms with Crippen LogP contribution in [-0.4, -0.2) is 37.7 Å². The van der Waals surface area contributed by atoms with Gasteiger partial charge >= 0.3 is 11.9 Å². The lowest BCUT2D eigenvalue weighted by molar-refractivity contribution is -0.161. The smallest absolute Gasteiger partial charge is 0.336 e. The predicted octanol–water partition coefficient (Wildman–Crippen LogP) is 9.61. The lowest BCUT2D eigenvalue weighted by Gasteiger charge is -2.20. The Morgan fingerprint density at radius 2 is 0.846 bits per heavy atom. The Bertz CT molecular complexity index is 1780. The second kappa shape index (κ2) is 18.6. The quantitative estimate of drug-likeness (QED) is 0.0508. The van der Waals surface area contributed by atoms with E-state index in [1.165, 1.54) is 0 Å². The van der Waals surface area contributed by atoms with Crippen LogP contribution >= 0.6 is 0 Å². The number of carbonyl (C=O) groups is 2. The zero-order valence-electron chi connectivity index (χ0n) is 29.4. The molecule has 0 N–H and O–H groups in total. The number of hydrogen-bond donors (Lipinski definition) is 0. The van der Waals surface area contributed by atoms with E-state index in [0.29, 0.717) is 23.0 Å². The molecule has 5 rings (SSSR count). The lowest BCUT2D eigenvalue weighted by Crippen LogP contribution is -2.27. The van der Waals surface area contributed by atoms with E-state index >= 15 is 0 Å². The van der Waals surface area contributed by atoms with Gasteiger partial charge in [0.1, 0.15) is 23.0 Å². The van der Waals surface area contributed by atoms with Gasteiger partial charge in [-0.3, -0.25) is 0 Å². The van der Waals surface area contributed by atoms with Crippen molar-refractivity contribution >= 4 is 11.9 Å². The summed E-state index contributed by atoms with van der Waals surface area (Å²) in [7, 11) is 0. The summed E-state index contributed by atoms with van der Waals surface area (Å²) in [4.78, 5) is 24.7. The molecule has 0 aliphatic carbocycles. The summed E-state index contributed by atoms with van der Waals surface area (Å²) in [6, 6.07) is 42.3. The maximum Gasteiger partial charge on any atom is 0.336 e. The Hall–Kier alpha value is -6.28. The normalized spacial score (nSPS) is 11.7. The molecule has 0 saturated carbocycles. The van der Waals surface area contributed by atoms with Crippen LogP contribution in [0.25, 0.3) is 22.3 Å². The number of esters is 2. The van der Waals surface area contributed by atoms with Crippen LogP contribution in [0.3, 0.4) is 0 Å². The van der Waals surface area contributed by atoms with Crippen LogP contribution in [0.1, 0.15) is 26.7 Å². The van der Waals surface area contributed by atoms with Gasteiger partial charge in [-0.25, -0.2) is 9.59 Å². The highest BCUT2D eigenvalue weighted by Crippen LogP contribution is 2.26. The van der Waals surface area contributed by atoms with Crippen LogP contribution in [-0.2, 0) is 19.1 Å². The van der Waals surface area contributed by atoms with Gasteiger partial charge in [0.2, 0.25) is 12.6 Å². The third-order valence-corrected chi connectivity index (χ3v) is 7.68. The Balaban J connectivity index is 1.14. The fourth-order valence-corrected chi connectivity index (χ4v) is 4.94. The van der Waals surface area contributed by atoms with E-state index in [2.05, 4.69) is 13.2 Å². The third kappa shape index (κ3) is 11.4. The van der Waals surface area contributed by atoms with Crippen molar-refractivity contribution in [3.05, 3.63) is 158 Å². The van der Waals surface area contributed by atoms with Crippen LogP contribution in [0, 0.1) is 0 Å². The fourth-order valence-electron chi connectivity index (χ4n) is 4.94. The van der Waals surface area contributed by atoms with Crippen molar-refractivity contribution < 1.29 is 38.0 Å². The first-order valence-electron chi connectivity index (χ1n) is 17.0. The van der Waals surface area contributed by atoms with Crippen molar-refractivity contribution in [2.45, 2.75) is 39.3 Å². The van der Waals surface area contributed by atoms with Gasteiger partial charge in [-0.15, -0.1) is 0 Å². The van der Waals surface area contributed by atoms with Gasteiger partial charge in [0, 0.05) is 17.2 Å². The van der Waals surface area contributed by atoms with Crippen LogP contribution < -0.4 is 18.9 Å². The summed E-state index contributed by atoms with van der Waals surface area (Å²) in [6.45, 7) is 10.9. The Labute approximate surface area is 304 Å². The molecule has 8 nitrogen and oxygen atoms in total. The third-order valence-electron chi connectivity index (χ3n) is 7.68. The second-order valence-electron chi connectivity index (χ2n) is 12.0. The van der Waals surface area contributed by atoms with Crippen molar-refractivity contribution in [2.24, 2.45) is 0 Å². The molecule has 0 radical (unpaired) electrons. The predicted molar refractivity (Wildman–Crippen MR) is 201 cm³/mol. The van der Waals surface area contributed by atoms with Gasteiger partial charge in [0.05, 0.1) is 26.1 Å². The molecular weight excluding hydrogens is 656 g/mol. The summed E-state index contributed by atoms with van der Waals surface area (Å²) in [5, 5.41) is 0. The first-order valence-corrected chi connectivity index (χ1v) is 17.0. The van der Waals surface area contributed by atoms with Gasteiger partial charge in [-0.1, -0.05) is 104 Å². The molecule has 2 unspecified atom stereocenters. The molecule has 0 fully saturated rings. The van der Waals surface area contributed by atoms with Crippen LogP contribution in [0.15, 0.2) is 158 Å².